The molecule has 0 aromatic heterocycles. The molecular weight excluding hydrogens is 252 g/mol. The third kappa shape index (κ3) is 4.55. The molecule has 1 fully saturated rings. The van der Waals surface area contributed by atoms with Gasteiger partial charge in [0.2, 0.25) is 0 Å². The van der Waals surface area contributed by atoms with Crippen molar-refractivity contribution in [3.8, 4) is 0 Å². The Hall–Kier alpha value is -1.26. The minimum Gasteiger partial charge on any atom is -0.445 e. The highest BCUT2D eigenvalue weighted by Crippen LogP contribution is 2.17. The smallest absolute Gasteiger partial charge is 0.407 e. The summed E-state index contributed by atoms with van der Waals surface area (Å²) in [4.78, 5) is 11.5. The van der Waals surface area contributed by atoms with Gasteiger partial charge >= 0.3 is 6.09 Å². The van der Waals surface area contributed by atoms with Crippen molar-refractivity contribution >= 4 is 18.5 Å². The normalized spacial score (nSPS) is 22.1. The van der Waals surface area contributed by atoms with Crippen LogP contribution in [0.1, 0.15) is 24.8 Å². The van der Waals surface area contributed by atoms with E-state index in [0.717, 1.165) is 24.8 Å². The van der Waals surface area contributed by atoms with Gasteiger partial charge in [0.1, 0.15) is 6.61 Å². The maximum atomic E-state index is 11.5. The number of ether oxygens (including phenoxy) is 1. The molecule has 0 unspecified atom stereocenters. The molecule has 1 aliphatic carbocycles. The Bertz CT molecular complexity index is 373. The molecule has 0 aliphatic heterocycles. The van der Waals surface area contributed by atoms with Crippen LogP contribution in [0.2, 0.25) is 0 Å². The Morgan fingerprint density at radius 3 is 2.67 bits per heavy atom. The third-order valence-corrected chi connectivity index (χ3v) is 3.01. The lowest BCUT2D eigenvalue weighted by molar-refractivity contribution is 0.136. The number of carbonyl (C=O) groups is 1. The van der Waals surface area contributed by atoms with Crippen LogP contribution < -0.4 is 11.1 Å². The van der Waals surface area contributed by atoms with Crippen LogP contribution in [0.3, 0.4) is 0 Å². The van der Waals surface area contributed by atoms with Gasteiger partial charge in [0, 0.05) is 12.1 Å². The minimum absolute atomic E-state index is 0. The van der Waals surface area contributed by atoms with Crippen molar-refractivity contribution in [3.63, 3.8) is 0 Å². The summed E-state index contributed by atoms with van der Waals surface area (Å²) >= 11 is 0. The summed E-state index contributed by atoms with van der Waals surface area (Å²) in [6, 6.07) is 10.0. The molecular formula is C13H19ClN2O2. The van der Waals surface area contributed by atoms with Gasteiger partial charge in [-0.25, -0.2) is 4.79 Å². The average Bonchev–Trinajstić information content (AvgIpc) is 2.73. The van der Waals surface area contributed by atoms with E-state index in [-0.39, 0.29) is 30.6 Å². The second-order valence-electron chi connectivity index (χ2n) is 4.48. The van der Waals surface area contributed by atoms with Gasteiger partial charge in [-0.1, -0.05) is 30.3 Å². The number of nitrogens with one attached hydrogen (secondary N) is 1. The first-order valence-electron chi connectivity index (χ1n) is 5.97. The van der Waals surface area contributed by atoms with Gasteiger partial charge in [0.15, 0.2) is 0 Å². The number of carbonyl (C=O) groups excluding carboxylic acids is 1. The predicted molar refractivity (Wildman–Crippen MR) is 72.6 cm³/mol. The summed E-state index contributed by atoms with van der Waals surface area (Å²) in [5, 5.41) is 2.84. The second-order valence-corrected chi connectivity index (χ2v) is 4.48. The fourth-order valence-electron chi connectivity index (χ4n) is 2.08. The van der Waals surface area contributed by atoms with E-state index in [9.17, 15) is 4.79 Å². The SMILES string of the molecule is Cl.N[C@H]1CC[C@@H](NC(=O)OCc2ccccc2)C1. The zero-order valence-electron chi connectivity index (χ0n) is 10.2. The van der Waals surface area contributed by atoms with Gasteiger partial charge in [-0.05, 0) is 24.8 Å². The fraction of sp³-hybridized carbons (Fsp3) is 0.462. The van der Waals surface area contributed by atoms with Crippen molar-refractivity contribution < 1.29 is 9.53 Å². The van der Waals surface area contributed by atoms with Crippen molar-refractivity contribution in [3.05, 3.63) is 35.9 Å². The monoisotopic (exact) mass is 270 g/mol. The Morgan fingerprint density at radius 1 is 1.33 bits per heavy atom. The molecule has 0 radical (unpaired) electrons. The van der Waals surface area contributed by atoms with Gasteiger partial charge < -0.3 is 15.8 Å². The zero-order valence-corrected chi connectivity index (χ0v) is 11.0. The molecule has 100 valence electrons. The van der Waals surface area contributed by atoms with Crippen LogP contribution in [-0.4, -0.2) is 18.2 Å². The Morgan fingerprint density at radius 2 is 2.06 bits per heavy atom. The van der Waals surface area contributed by atoms with Crippen molar-refractivity contribution in [2.24, 2.45) is 5.73 Å². The number of halogens is 1. The standard InChI is InChI=1S/C13H18N2O2.ClH/c14-11-6-7-12(8-11)15-13(16)17-9-10-4-2-1-3-5-10;/h1-5,11-12H,6-9,14H2,(H,15,16);1H/t11-,12+;/m0./s1. The summed E-state index contributed by atoms with van der Waals surface area (Å²) in [5.74, 6) is 0. The maximum absolute atomic E-state index is 11.5. The highest BCUT2D eigenvalue weighted by atomic mass is 35.5. The molecule has 0 heterocycles. The van der Waals surface area contributed by atoms with Gasteiger partial charge in [-0.3, -0.25) is 0 Å². The lowest BCUT2D eigenvalue weighted by atomic mass is 10.2. The third-order valence-electron chi connectivity index (χ3n) is 3.01. The molecule has 1 aliphatic rings. The van der Waals surface area contributed by atoms with Gasteiger partial charge in [0.05, 0.1) is 0 Å². The number of hydrogen-bond donors (Lipinski definition) is 2. The van der Waals surface area contributed by atoms with Crippen molar-refractivity contribution in [2.45, 2.75) is 38.0 Å². The molecule has 1 amide bonds. The van der Waals surface area contributed by atoms with E-state index in [2.05, 4.69) is 5.32 Å². The summed E-state index contributed by atoms with van der Waals surface area (Å²) < 4.78 is 5.13. The summed E-state index contributed by atoms with van der Waals surface area (Å²) in [6.07, 6.45) is 2.42. The number of amides is 1. The van der Waals surface area contributed by atoms with E-state index < -0.39 is 0 Å². The van der Waals surface area contributed by atoms with E-state index in [1.165, 1.54) is 0 Å². The van der Waals surface area contributed by atoms with Crippen LogP contribution in [0.25, 0.3) is 0 Å². The number of nitrogens with two attached hydrogens (primary N) is 1. The molecule has 2 atom stereocenters. The second kappa shape index (κ2) is 7.24. The van der Waals surface area contributed by atoms with Crippen LogP contribution in [0.4, 0.5) is 4.79 Å². The van der Waals surface area contributed by atoms with Crippen LogP contribution in [-0.2, 0) is 11.3 Å². The first-order valence-corrected chi connectivity index (χ1v) is 5.97. The molecule has 0 spiro atoms. The molecule has 1 aromatic rings. The van der Waals surface area contributed by atoms with Gasteiger partial charge in [0.25, 0.3) is 0 Å². The van der Waals surface area contributed by atoms with Crippen LogP contribution in [0.5, 0.6) is 0 Å². The van der Waals surface area contributed by atoms with E-state index in [0.29, 0.717) is 6.61 Å². The Labute approximate surface area is 113 Å². The van der Waals surface area contributed by atoms with Gasteiger partial charge in [-0.15, -0.1) is 12.4 Å². The lowest BCUT2D eigenvalue weighted by Crippen LogP contribution is -2.34. The molecule has 0 saturated heterocycles. The fourth-order valence-corrected chi connectivity index (χ4v) is 2.08. The lowest BCUT2D eigenvalue weighted by Gasteiger charge is -2.12. The summed E-state index contributed by atoms with van der Waals surface area (Å²) in [6.45, 7) is 0.311. The van der Waals surface area contributed by atoms with Crippen molar-refractivity contribution in [1.29, 1.82) is 0 Å². The van der Waals surface area contributed by atoms with E-state index in [1.807, 2.05) is 30.3 Å². The highest BCUT2D eigenvalue weighted by Gasteiger charge is 2.23. The quantitative estimate of drug-likeness (QED) is 0.885. The van der Waals surface area contributed by atoms with E-state index in [4.69, 9.17) is 10.5 Å². The summed E-state index contributed by atoms with van der Waals surface area (Å²) in [5.41, 5.74) is 6.77. The molecule has 3 N–H and O–H groups in total. The number of rotatable bonds is 3. The molecule has 5 heteroatoms. The summed E-state index contributed by atoms with van der Waals surface area (Å²) in [7, 11) is 0. The molecule has 0 bridgehead atoms. The van der Waals surface area contributed by atoms with Crippen LogP contribution >= 0.6 is 12.4 Å². The molecule has 1 aromatic carbocycles. The molecule has 4 nitrogen and oxygen atoms in total. The molecule has 1 saturated carbocycles. The van der Waals surface area contributed by atoms with Gasteiger partial charge in [-0.2, -0.15) is 0 Å². The molecule has 2 rings (SSSR count). The predicted octanol–water partition coefficient (Wildman–Crippen LogP) is 2.21. The largest absolute Gasteiger partial charge is 0.445 e. The van der Waals surface area contributed by atoms with Crippen LogP contribution in [0.15, 0.2) is 30.3 Å². The number of alkyl carbamates (subject to hydrolysis) is 1. The van der Waals surface area contributed by atoms with E-state index >= 15 is 0 Å². The number of benzene rings is 1. The zero-order chi connectivity index (χ0) is 12.1. The Balaban J connectivity index is 0.00000162. The maximum Gasteiger partial charge on any atom is 0.407 e. The van der Waals surface area contributed by atoms with Crippen LogP contribution in [0, 0.1) is 0 Å². The first kappa shape index (κ1) is 14.8. The van der Waals surface area contributed by atoms with Crippen molar-refractivity contribution in [2.75, 3.05) is 0 Å². The van der Waals surface area contributed by atoms with Crippen molar-refractivity contribution in [1.82, 2.24) is 5.32 Å². The minimum atomic E-state index is -0.354. The average molecular weight is 271 g/mol. The Kier molecular flexibility index (Phi) is 5.95. The van der Waals surface area contributed by atoms with E-state index in [1.54, 1.807) is 0 Å². The number of hydrogen-bond acceptors (Lipinski definition) is 3. The molecule has 18 heavy (non-hydrogen) atoms. The first-order chi connectivity index (χ1) is 8.24. The highest BCUT2D eigenvalue weighted by molar-refractivity contribution is 5.85. The topological polar surface area (TPSA) is 64.3 Å².